The van der Waals surface area contributed by atoms with Crippen LogP contribution in [0.1, 0.15) is 94.8 Å². The Bertz CT molecular complexity index is 1000. The van der Waals surface area contributed by atoms with Crippen molar-refractivity contribution in [3.8, 4) is 5.75 Å². The Morgan fingerprint density at radius 2 is 1.57 bits per heavy atom. The predicted molar refractivity (Wildman–Crippen MR) is 152 cm³/mol. The third-order valence-corrected chi connectivity index (χ3v) is 7.01. The lowest BCUT2D eigenvalue weighted by molar-refractivity contribution is 0.0951. The highest BCUT2D eigenvalue weighted by molar-refractivity contribution is 8.93. The molecule has 192 valence electrons. The van der Waals surface area contributed by atoms with Gasteiger partial charge in [-0.3, -0.25) is 10.2 Å². The number of aromatic hydroxyl groups is 1. The number of phenolic OH excluding ortho intramolecular Hbond substituents is 1. The molecule has 4 nitrogen and oxygen atoms in total. The molecule has 0 aromatic heterocycles. The number of carbonyl (C=O) groups excluding carboxylic acids is 1. The summed E-state index contributed by atoms with van der Waals surface area (Å²) < 4.78 is 0. The minimum atomic E-state index is -0.289. The van der Waals surface area contributed by atoms with Crippen LogP contribution in [0.15, 0.2) is 42.5 Å². The van der Waals surface area contributed by atoms with Gasteiger partial charge in [-0.15, -0.1) is 17.0 Å². The van der Waals surface area contributed by atoms with E-state index < -0.39 is 0 Å². The van der Waals surface area contributed by atoms with Gasteiger partial charge in [0.25, 0.3) is 0 Å². The molecule has 0 aliphatic carbocycles. The zero-order valence-electron chi connectivity index (χ0n) is 22.4. The average molecular weight is 544 g/mol. The minimum Gasteiger partial charge on any atom is -0.507 e. The highest BCUT2D eigenvalue weighted by Gasteiger charge is 2.37. The first-order valence-corrected chi connectivity index (χ1v) is 12.6. The maximum absolute atomic E-state index is 13.7. The monoisotopic (exact) mass is 542 g/mol. The SMILES string of the molecule is Br.CCC[C@H]1C[C@@H](Cc2ccccc2)N(CC(=O)c2cc(C(C)(C)C)c(O)c(C(C)(C)C)c2)C1=N. The Morgan fingerprint density at radius 1 is 1.03 bits per heavy atom. The van der Waals surface area contributed by atoms with Crippen LogP contribution in [0, 0.1) is 11.3 Å². The van der Waals surface area contributed by atoms with Crippen LogP contribution < -0.4 is 0 Å². The highest BCUT2D eigenvalue weighted by atomic mass is 79.9. The van der Waals surface area contributed by atoms with Crippen molar-refractivity contribution in [2.24, 2.45) is 5.92 Å². The van der Waals surface area contributed by atoms with E-state index in [1.165, 1.54) is 5.56 Å². The van der Waals surface area contributed by atoms with Crippen molar-refractivity contribution in [3.63, 3.8) is 0 Å². The number of nitrogens with one attached hydrogen (secondary N) is 1. The first-order chi connectivity index (χ1) is 15.8. The Kier molecular flexibility index (Phi) is 9.38. The van der Waals surface area contributed by atoms with Crippen LogP contribution in [0.3, 0.4) is 0 Å². The Hall–Kier alpha value is -2.14. The van der Waals surface area contributed by atoms with Gasteiger partial charge in [0, 0.05) is 28.7 Å². The van der Waals surface area contributed by atoms with Gasteiger partial charge >= 0.3 is 0 Å². The van der Waals surface area contributed by atoms with Crippen LogP contribution in [0.5, 0.6) is 5.75 Å². The summed E-state index contributed by atoms with van der Waals surface area (Å²) in [6, 6.07) is 14.2. The molecule has 0 unspecified atom stereocenters. The first-order valence-electron chi connectivity index (χ1n) is 12.6. The molecule has 1 heterocycles. The number of ketones is 1. The second kappa shape index (κ2) is 11.3. The lowest BCUT2D eigenvalue weighted by atomic mass is 9.78. The molecule has 3 rings (SSSR count). The molecule has 1 aliphatic heterocycles. The highest BCUT2D eigenvalue weighted by Crippen LogP contribution is 2.40. The van der Waals surface area contributed by atoms with Crippen molar-refractivity contribution in [2.45, 2.75) is 91.0 Å². The molecule has 1 saturated heterocycles. The number of likely N-dealkylation sites (tertiary alicyclic amines) is 1. The number of hydrogen-bond donors (Lipinski definition) is 2. The molecule has 5 heteroatoms. The third-order valence-electron chi connectivity index (χ3n) is 7.01. The quantitative estimate of drug-likeness (QED) is 0.357. The van der Waals surface area contributed by atoms with E-state index in [0.29, 0.717) is 11.4 Å². The van der Waals surface area contributed by atoms with Crippen LogP contribution >= 0.6 is 17.0 Å². The van der Waals surface area contributed by atoms with Gasteiger partial charge in [0.15, 0.2) is 5.78 Å². The molecule has 35 heavy (non-hydrogen) atoms. The summed E-state index contributed by atoms with van der Waals surface area (Å²) in [5.74, 6) is 1.11. The molecule has 0 amide bonds. The van der Waals surface area contributed by atoms with Crippen molar-refractivity contribution in [2.75, 3.05) is 6.54 Å². The molecule has 2 aromatic rings. The second-order valence-electron chi connectivity index (χ2n) is 11.9. The van der Waals surface area contributed by atoms with Gasteiger partial charge in [0.1, 0.15) is 5.75 Å². The van der Waals surface area contributed by atoms with Crippen LogP contribution in [0.4, 0.5) is 0 Å². The summed E-state index contributed by atoms with van der Waals surface area (Å²) in [6.07, 6.45) is 3.78. The largest absolute Gasteiger partial charge is 0.507 e. The van der Waals surface area contributed by atoms with E-state index in [0.717, 1.165) is 36.8 Å². The summed E-state index contributed by atoms with van der Waals surface area (Å²) in [5.41, 5.74) is 2.88. The predicted octanol–water partition coefficient (Wildman–Crippen LogP) is 7.46. The molecule has 2 N–H and O–H groups in total. The maximum atomic E-state index is 13.7. The van der Waals surface area contributed by atoms with Crippen LogP contribution in [0.2, 0.25) is 0 Å². The van der Waals surface area contributed by atoms with E-state index >= 15 is 0 Å². The number of hydrogen-bond acceptors (Lipinski definition) is 3. The van der Waals surface area contributed by atoms with Crippen molar-refractivity contribution in [3.05, 3.63) is 64.7 Å². The summed E-state index contributed by atoms with van der Waals surface area (Å²) in [4.78, 5) is 15.7. The van der Waals surface area contributed by atoms with Crippen LogP contribution in [-0.2, 0) is 17.3 Å². The van der Waals surface area contributed by atoms with Gasteiger partial charge < -0.3 is 10.0 Å². The fraction of sp³-hybridized carbons (Fsp3) is 0.533. The van der Waals surface area contributed by atoms with Gasteiger partial charge in [-0.05, 0) is 47.8 Å². The second-order valence-corrected chi connectivity index (χ2v) is 11.9. The number of carbonyl (C=O) groups is 1. The molecule has 2 atom stereocenters. The van der Waals surface area contributed by atoms with Crippen molar-refractivity contribution in [1.82, 2.24) is 4.90 Å². The number of Topliss-reactive ketones (excluding diaryl/α,β-unsaturated/α-hetero) is 1. The van der Waals surface area contributed by atoms with Gasteiger partial charge in [-0.25, -0.2) is 0 Å². The molecule has 0 bridgehead atoms. The van der Waals surface area contributed by atoms with Crippen molar-refractivity contribution >= 4 is 28.6 Å². The van der Waals surface area contributed by atoms with E-state index in [1.807, 2.05) is 35.2 Å². The van der Waals surface area contributed by atoms with E-state index in [9.17, 15) is 9.90 Å². The van der Waals surface area contributed by atoms with Crippen molar-refractivity contribution in [1.29, 1.82) is 5.41 Å². The van der Waals surface area contributed by atoms with Gasteiger partial charge in [0.2, 0.25) is 0 Å². The third kappa shape index (κ3) is 6.75. The molecule has 2 aromatic carbocycles. The van der Waals surface area contributed by atoms with Crippen LogP contribution in [-0.4, -0.2) is 34.2 Å². The van der Waals surface area contributed by atoms with Gasteiger partial charge in [-0.1, -0.05) is 85.2 Å². The minimum absolute atomic E-state index is 0. The summed E-state index contributed by atoms with van der Waals surface area (Å²) in [7, 11) is 0. The zero-order valence-corrected chi connectivity index (χ0v) is 24.2. The average Bonchev–Trinajstić information content (AvgIpc) is 3.02. The fourth-order valence-electron chi connectivity index (χ4n) is 5.08. The smallest absolute Gasteiger partial charge is 0.182 e. The number of phenols is 1. The van der Waals surface area contributed by atoms with E-state index in [2.05, 4.69) is 60.6 Å². The van der Waals surface area contributed by atoms with E-state index in [4.69, 9.17) is 5.41 Å². The standard InChI is InChI=1S/C30H42N2O2.BrH/c1-8-12-21-16-23(15-20-13-10-9-11-14-20)32(28(21)31)19-26(33)22-17-24(29(2,3)4)27(34)25(18-22)30(5,6)7;/h9-11,13-14,17-18,21,23,31,34H,8,12,15-16,19H2,1-7H3;1H/t21-,23+;/m0./s1. The van der Waals surface area contributed by atoms with E-state index in [1.54, 1.807) is 0 Å². The summed E-state index contributed by atoms with van der Waals surface area (Å²) >= 11 is 0. The molecule has 0 radical (unpaired) electrons. The lowest BCUT2D eigenvalue weighted by Gasteiger charge is -2.29. The molecular formula is C30H43BrN2O2. The van der Waals surface area contributed by atoms with Gasteiger partial charge in [-0.2, -0.15) is 0 Å². The number of nitrogens with zero attached hydrogens (tertiary/aromatic N) is 1. The fourth-order valence-corrected chi connectivity index (χ4v) is 5.08. The zero-order chi connectivity index (χ0) is 25.3. The van der Waals surface area contributed by atoms with Gasteiger partial charge in [0.05, 0.1) is 12.4 Å². The number of amidine groups is 1. The number of benzene rings is 2. The maximum Gasteiger partial charge on any atom is 0.182 e. The Morgan fingerprint density at radius 3 is 2.06 bits per heavy atom. The topological polar surface area (TPSA) is 64.4 Å². The first kappa shape index (κ1) is 29.1. The van der Waals surface area contributed by atoms with Crippen molar-refractivity contribution < 1.29 is 9.90 Å². The molecule has 0 spiro atoms. The molecule has 0 saturated carbocycles. The summed E-state index contributed by atoms with van der Waals surface area (Å²) in [6.45, 7) is 14.7. The van der Waals surface area contributed by atoms with Crippen LogP contribution in [0.25, 0.3) is 0 Å². The lowest BCUT2D eigenvalue weighted by Crippen LogP contribution is -2.39. The van der Waals surface area contributed by atoms with E-state index in [-0.39, 0.29) is 57.8 Å². The molecule has 1 fully saturated rings. The number of rotatable bonds is 7. The normalized spacial score (nSPS) is 18.5. The Labute approximate surface area is 222 Å². The molecule has 1 aliphatic rings. The summed E-state index contributed by atoms with van der Waals surface area (Å²) in [5, 5.41) is 19.9. The molecular weight excluding hydrogens is 500 g/mol. The number of halogens is 1. The Balaban J connectivity index is 0.00000432.